The molecule has 1 aliphatic carbocycles. The molecular formula is C23H22N2O. The molecule has 1 aliphatic rings. The van der Waals surface area contributed by atoms with E-state index in [4.69, 9.17) is 4.98 Å². The summed E-state index contributed by atoms with van der Waals surface area (Å²) in [6, 6.07) is 17.6. The second-order valence-electron chi connectivity index (χ2n) is 6.83. The summed E-state index contributed by atoms with van der Waals surface area (Å²) < 4.78 is 2.11. The molecule has 0 aliphatic heterocycles. The highest BCUT2D eigenvalue weighted by atomic mass is 16.3. The van der Waals surface area contributed by atoms with Crippen LogP contribution in [-0.4, -0.2) is 14.7 Å². The van der Waals surface area contributed by atoms with Gasteiger partial charge in [-0.25, -0.2) is 4.98 Å². The molecule has 3 heteroatoms. The zero-order valence-corrected chi connectivity index (χ0v) is 15.1. The highest BCUT2D eigenvalue weighted by molar-refractivity contribution is 5.82. The summed E-state index contributed by atoms with van der Waals surface area (Å²) in [6.45, 7) is 2.23. The van der Waals surface area contributed by atoms with Crippen molar-refractivity contribution in [1.82, 2.24) is 9.55 Å². The minimum Gasteiger partial charge on any atom is -0.507 e. The number of benzene rings is 2. The Morgan fingerprint density at radius 3 is 2.50 bits per heavy atom. The Morgan fingerprint density at radius 2 is 1.77 bits per heavy atom. The number of nitrogens with zero attached hydrogens (tertiary/aromatic N) is 2. The molecule has 0 fully saturated rings. The van der Waals surface area contributed by atoms with Gasteiger partial charge in [-0.1, -0.05) is 67.6 Å². The predicted octanol–water partition coefficient (Wildman–Crippen LogP) is 5.44. The summed E-state index contributed by atoms with van der Waals surface area (Å²) in [7, 11) is 2.03. The van der Waals surface area contributed by atoms with E-state index >= 15 is 0 Å². The smallest absolute Gasteiger partial charge is 0.144 e. The van der Waals surface area contributed by atoms with Crippen molar-refractivity contribution in [3.8, 4) is 28.4 Å². The van der Waals surface area contributed by atoms with Crippen LogP contribution < -0.4 is 0 Å². The molecule has 1 N–H and O–H groups in total. The number of hydrogen-bond donors (Lipinski definition) is 1. The topological polar surface area (TPSA) is 38.1 Å². The first-order chi connectivity index (χ1) is 12.6. The summed E-state index contributed by atoms with van der Waals surface area (Å²) in [4.78, 5) is 4.95. The van der Waals surface area contributed by atoms with Crippen molar-refractivity contribution in [3.05, 3.63) is 78.5 Å². The van der Waals surface area contributed by atoms with E-state index in [1.807, 2.05) is 43.4 Å². The lowest BCUT2D eigenvalue weighted by molar-refractivity contribution is 0.476. The third kappa shape index (κ3) is 2.86. The molecule has 0 spiro atoms. The van der Waals surface area contributed by atoms with Gasteiger partial charge in [0.1, 0.15) is 11.6 Å². The Morgan fingerprint density at radius 1 is 1.04 bits per heavy atom. The molecule has 1 aromatic heterocycles. The molecular weight excluding hydrogens is 320 g/mol. The van der Waals surface area contributed by atoms with Crippen molar-refractivity contribution in [2.75, 3.05) is 0 Å². The summed E-state index contributed by atoms with van der Waals surface area (Å²) >= 11 is 0. The minimum absolute atomic E-state index is 0.248. The largest absolute Gasteiger partial charge is 0.507 e. The van der Waals surface area contributed by atoms with Crippen LogP contribution in [0.25, 0.3) is 28.2 Å². The standard InChI is InChI=1S/C23H22N2O/c1-16-9-8-12-18(15-16)22-21(17-10-4-3-5-11-17)24-23(25(22)2)19-13-6-7-14-20(19)26/h3-14,16,26H,15H2,1-2H3. The van der Waals surface area contributed by atoms with Crippen molar-refractivity contribution < 1.29 is 5.11 Å². The highest BCUT2D eigenvalue weighted by Crippen LogP contribution is 2.38. The van der Waals surface area contributed by atoms with E-state index in [0.717, 1.165) is 34.8 Å². The molecule has 130 valence electrons. The first-order valence-corrected chi connectivity index (χ1v) is 8.93. The van der Waals surface area contributed by atoms with Crippen molar-refractivity contribution in [3.63, 3.8) is 0 Å². The Labute approximate surface area is 154 Å². The summed E-state index contributed by atoms with van der Waals surface area (Å²) in [5.41, 5.74) is 5.18. The first kappa shape index (κ1) is 16.4. The van der Waals surface area contributed by atoms with E-state index in [9.17, 15) is 5.11 Å². The fourth-order valence-electron chi connectivity index (χ4n) is 3.59. The molecule has 0 saturated carbocycles. The minimum atomic E-state index is 0.248. The molecule has 0 amide bonds. The zero-order chi connectivity index (χ0) is 18.1. The summed E-state index contributed by atoms with van der Waals surface area (Å²) in [5.74, 6) is 1.53. The Kier molecular flexibility index (Phi) is 4.21. The van der Waals surface area contributed by atoms with Gasteiger partial charge in [0.15, 0.2) is 0 Å². The van der Waals surface area contributed by atoms with E-state index in [2.05, 4.69) is 41.9 Å². The third-order valence-corrected chi connectivity index (χ3v) is 4.87. The molecule has 3 nitrogen and oxygen atoms in total. The number of hydrogen-bond acceptors (Lipinski definition) is 2. The number of aromatic nitrogens is 2. The van der Waals surface area contributed by atoms with E-state index in [1.165, 1.54) is 5.57 Å². The van der Waals surface area contributed by atoms with Gasteiger partial charge in [-0.2, -0.15) is 0 Å². The van der Waals surface area contributed by atoms with Crippen molar-refractivity contribution in [2.45, 2.75) is 13.3 Å². The highest BCUT2D eigenvalue weighted by Gasteiger charge is 2.23. The van der Waals surface area contributed by atoms with Crippen LogP contribution >= 0.6 is 0 Å². The van der Waals surface area contributed by atoms with Gasteiger partial charge < -0.3 is 9.67 Å². The molecule has 1 unspecified atom stereocenters. The average molecular weight is 342 g/mol. The van der Waals surface area contributed by atoms with Crippen molar-refractivity contribution >= 4 is 5.57 Å². The fraction of sp³-hybridized carbons (Fsp3) is 0.174. The molecule has 2 aromatic carbocycles. The summed E-state index contributed by atoms with van der Waals surface area (Å²) in [5, 5.41) is 10.3. The van der Waals surface area contributed by atoms with Gasteiger partial charge in [0.05, 0.1) is 17.0 Å². The molecule has 3 aromatic rings. The van der Waals surface area contributed by atoms with E-state index in [0.29, 0.717) is 5.92 Å². The second kappa shape index (κ2) is 6.68. The maximum absolute atomic E-state index is 10.3. The quantitative estimate of drug-likeness (QED) is 0.688. The average Bonchev–Trinajstić information content (AvgIpc) is 3.00. The van der Waals surface area contributed by atoms with Crippen LogP contribution in [0.2, 0.25) is 0 Å². The van der Waals surface area contributed by atoms with Crippen LogP contribution in [0, 0.1) is 5.92 Å². The molecule has 0 bridgehead atoms. The number of rotatable bonds is 3. The molecule has 1 atom stereocenters. The van der Waals surface area contributed by atoms with Gasteiger partial charge in [0.2, 0.25) is 0 Å². The molecule has 1 heterocycles. The molecule has 26 heavy (non-hydrogen) atoms. The van der Waals surface area contributed by atoms with Gasteiger partial charge in [0, 0.05) is 12.6 Å². The maximum Gasteiger partial charge on any atom is 0.144 e. The first-order valence-electron chi connectivity index (χ1n) is 8.93. The van der Waals surface area contributed by atoms with E-state index in [-0.39, 0.29) is 5.75 Å². The van der Waals surface area contributed by atoms with Gasteiger partial charge in [-0.3, -0.25) is 0 Å². The van der Waals surface area contributed by atoms with Crippen molar-refractivity contribution in [1.29, 1.82) is 0 Å². The normalized spacial score (nSPS) is 16.5. The van der Waals surface area contributed by atoms with Gasteiger partial charge in [-0.05, 0) is 30.0 Å². The second-order valence-corrected chi connectivity index (χ2v) is 6.83. The zero-order valence-electron chi connectivity index (χ0n) is 15.1. The van der Waals surface area contributed by atoms with Crippen LogP contribution in [-0.2, 0) is 7.05 Å². The van der Waals surface area contributed by atoms with Gasteiger partial charge in [0.25, 0.3) is 0 Å². The van der Waals surface area contributed by atoms with Gasteiger partial charge >= 0.3 is 0 Å². The van der Waals surface area contributed by atoms with Crippen LogP contribution in [0.5, 0.6) is 5.75 Å². The lowest BCUT2D eigenvalue weighted by atomic mass is 9.92. The Bertz CT molecular complexity index is 996. The van der Waals surface area contributed by atoms with E-state index in [1.54, 1.807) is 6.07 Å². The van der Waals surface area contributed by atoms with Gasteiger partial charge in [-0.15, -0.1) is 0 Å². The number of phenolic OH excluding ortho intramolecular Hbond substituents is 1. The third-order valence-electron chi connectivity index (χ3n) is 4.87. The fourth-order valence-corrected chi connectivity index (χ4v) is 3.59. The van der Waals surface area contributed by atoms with Crippen LogP contribution in [0.15, 0.2) is 72.8 Å². The SMILES string of the molecule is CC1C=CC=C(c2c(-c3ccccc3)nc(-c3ccccc3O)n2C)C1. The van der Waals surface area contributed by atoms with Crippen LogP contribution in [0.4, 0.5) is 0 Å². The maximum atomic E-state index is 10.3. The summed E-state index contributed by atoms with van der Waals surface area (Å²) in [6.07, 6.45) is 7.52. The lowest BCUT2D eigenvalue weighted by Crippen LogP contribution is -2.04. The molecule has 0 saturated heterocycles. The Balaban J connectivity index is 1.96. The van der Waals surface area contributed by atoms with E-state index < -0.39 is 0 Å². The van der Waals surface area contributed by atoms with Crippen LogP contribution in [0.3, 0.4) is 0 Å². The molecule has 0 radical (unpaired) electrons. The monoisotopic (exact) mass is 342 g/mol. The Hall–Kier alpha value is -3.07. The number of para-hydroxylation sites is 1. The lowest BCUT2D eigenvalue weighted by Gasteiger charge is -2.17. The van der Waals surface area contributed by atoms with Crippen molar-refractivity contribution in [2.24, 2.45) is 13.0 Å². The number of phenols is 1. The number of imidazole rings is 1. The molecule has 4 rings (SSSR count). The number of aromatic hydroxyl groups is 1. The number of allylic oxidation sites excluding steroid dienone is 4. The van der Waals surface area contributed by atoms with Crippen LogP contribution in [0.1, 0.15) is 19.0 Å². The predicted molar refractivity (Wildman–Crippen MR) is 107 cm³/mol.